The molecule has 0 aliphatic heterocycles. The van der Waals surface area contributed by atoms with Gasteiger partial charge in [0.1, 0.15) is 0 Å². The number of amides is 2. The highest BCUT2D eigenvalue weighted by molar-refractivity contribution is 8.00. The van der Waals surface area contributed by atoms with Crippen LogP contribution in [0.3, 0.4) is 0 Å². The number of nitrogens with one attached hydrogen (secondary N) is 2. The molecule has 4 N–H and O–H groups in total. The molecule has 0 saturated heterocycles. The van der Waals surface area contributed by atoms with E-state index in [4.69, 9.17) is 5.73 Å². The van der Waals surface area contributed by atoms with Gasteiger partial charge in [0, 0.05) is 16.6 Å². The van der Waals surface area contributed by atoms with Crippen LogP contribution >= 0.6 is 11.8 Å². The molecule has 0 fully saturated rings. The summed E-state index contributed by atoms with van der Waals surface area (Å²) in [6.07, 6.45) is 0. The highest BCUT2D eigenvalue weighted by atomic mass is 32.2. The van der Waals surface area contributed by atoms with E-state index in [9.17, 15) is 9.59 Å². The van der Waals surface area contributed by atoms with E-state index in [0.717, 1.165) is 10.6 Å². The second kappa shape index (κ2) is 8.56. The number of para-hydroxylation sites is 1. The van der Waals surface area contributed by atoms with Gasteiger partial charge in [0.2, 0.25) is 11.8 Å². The zero-order chi connectivity index (χ0) is 15.8. The average molecular weight is 309 g/mol. The molecule has 0 aromatic heterocycles. The lowest BCUT2D eigenvalue weighted by atomic mass is 10.1. The summed E-state index contributed by atoms with van der Waals surface area (Å²) in [6, 6.07) is 7.67. The molecular formula is C15H23N3O2S. The third-order valence-electron chi connectivity index (χ3n) is 3.09. The normalized spacial score (nSPS) is 12.0. The Morgan fingerprint density at radius 3 is 2.52 bits per heavy atom. The SMILES string of the molecule is CC(C)C(C)NC(=O)CNc1ccccc1SCC(N)=O. The van der Waals surface area contributed by atoms with Crippen LogP contribution in [0.1, 0.15) is 20.8 Å². The van der Waals surface area contributed by atoms with Gasteiger partial charge in [-0.25, -0.2) is 0 Å². The predicted molar refractivity (Wildman–Crippen MR) is 87.3 cm³/mol. The minimum absolute atomic E-state index is 0.0501. The largest absolute Gasteiger partial charge is 0.375 e. The van der Waals surface area contributed by atoms with Gasteiger partial charge < -0.3 is 16.4 Å². The molecule has 1 unspecified atom stereocenters. The molecule has 5 nitrogen and oxygen atoms in total. The summed E-state index contributed by atoms with van der Waals surface area (Å²) >= 11 is 1.36. The molecule has 0 radical (unpaired) electrons. The predicted octanol–water partition coefficient (Wildman–Crippen LogP) is 1.84. The van der Waals surface area contributed by atoms with E-state index in [0.29, 0.717) is 5.92 Å². The fraction of sp³-hybridized carbons (Fsp3) is 0.467. The van der Waals surface area contributed by atoms with E-state index in [-0.39, 0.29) is 30.2 Å². The van der Waals surface area contributed by atoms with Gasteiger partial charge in [-0.1, -0.05) is 26.0 Å². The summed E-state index contributed by atoms with van der Waals surface area (Å²) in [6.45, 7) is 6.31. The zero-order valence-corrected chi connectivity index (χ0v) is 13.5. The molecule has 0 bridgehead atoms. The first-order valence-corrected chi connectivity index (χ1v) is 7.92. The highest BCUT2D eigenvalue weighted by Gasteiger charge is 2.11. The van der Waals surface area contributed by atoms with Gasteiger partial charge in [-0.2, -0.15) is 0 Å². The summed E-state index contributed by atoms with van der Waals surface area (Å²) in [4.78, 5) is 23.6. The van der Waals surface area contributed by atoms with Crippen molar-refractivity contribution < 1.29 is 9.59 Å². The number of benzene rings is 1. The zero-order valence-electron chi connectivity index (χ0n) is 12.7. The van der Waals surface area contributed by atoms with E-state index in [1.807, 2.05) is 31.2 Å². The van der Waals surface area contributed by atoms with Gasteiger partial charge in [-0.3, -0.25) is 9.59 Å². The van der Waals surface area contributed by atoms with Gasteiger partial charge in [-0.15, -0.1) is 11.8 Å². The standard InChI is InChI=1S/C15H23N3O2S/c1-10(2)11(3)18-15(20)8-17-12-6-4-5-7-13(12)21-9-14(16)19/h4-7,10-11,17H,8-9H2,1-3H3,(H2,16,19)(H,18,20). The van der Waals surface area contributed by atoms with Crippen molar-refractivity contribution in [2.75, 3.05) is 17.6 Å². The third kappa shape index (κ3) is 6.53. The minimum Gasteiger partial charge on any atom is -0.375 e. The number of thioether (sulfide) groups is 1. The van der Waals surface area contributed by atoms with Crippen LogP contribution in [0.15, 0.2) is 29.2 Å². The van der Waals surface area contributed by atoms with Gasteiger partial charge in [-0.05, 0) is 25.0 Å². The molecule has 2 amide bonds. The molecular weight excluding hydrogens is 286 g/mol. The molecule has 1 rings (SSSR count). The number of hydrogen-bond acceptors (Lipinski definition) is 4. The molecule has 1 aromatic rings. The van der Waals surface area contributed by atoms with Crippen molar-refractivity contribution in [2.45, 2.75) is 31.7 Å². The molecule has 116 valence electrons. The number of carbonyl (C=O) groups excluding carboxylic acids is 2. The van der Waals surface area contributed by atoms with Crippen molar-refractivity contribution in [3.63, 3.8) is 0 Å². The van der Waals surface area contributed by atoms with E-state index in [1.54, 1.807) is 0 Å². The van der Waals surface area contributed by atoms with Crippen LogP contribution in [0.2, 0.25) is 0 Å². The summed E-state index contributed by atoms with van der Waals surface area (Å²) in [7, 11) is 0. The van der Waals surface area contributed by atoms with Crippen LogP contribution in [0.5, 0.6) is 0 Å². The smallest absolute Gasteiger partial charge is 0.239 e. The number of rotatable bonds is 8. The molecule has 21 heavy (non-hydrogen) atoms. The average Bonchev–Trinajstić information content (AvgIpc) is 2.43. The fourth-order valence-corrected chi connectivity index (χ4v) is 2.30. The molecule has 0 aliphatic carbocycles. The quantitative estimate of drug-likeness (QED) is 0.640. The lowest BCUT2D eigenvalue weighted by Crippen LogP contribution is -2.39. The van der Waals surface area contributed by atoms with Crippen LogP contribution in [-0.4, -0.2) is 30.2 Å². The lowest BCUT2D eigenvalue weighted by Gasteiger charge is -2.18. The maximum atomic E-state index is 11.9. The first-order chi connectivity index (χ1) is 9.90. The van der Waals surface area contributed by atoms with Crippen LogP contribution < -0.4 is 16.4 Å². The monoisotopic (exact) mass is 309 g/mol. The van der Waals surface area contributed by atoms with E-state index in [2.05, 4.69) is 24.5 Å². The molecule has 0 spiro atoms. The van der Waals surface area contributed by atoms with Crippen molar-refractivity contribution in [1.82, 2.24) is 5.32 Å². The van der Waals surface area contributed by atoms with Crippen LogP contribution in [-0.2, 0) is 9.59 Å². The Balaban J connectivity index is 2.54. The Morgan fingerprint density at radius 1 is 1.24 bits per heavy atom. The number of hydrogen-bond donors (Lipinski definition) is 3. The van der Waals surface area contributed by atoms with E-state index in [1.165, 1.54) is 11.8 Å². The second-order valence-corrected chi connectivity index (χ2v) is 6.22. The van der Waals surface area contributed by atoms with E-state index < -0.39 is 0 Å². The van der Waals surface area contributed by atoms with Crippen LogP contribution in [0.4, 0.5) is 5.69 Å². The molecule has 6 heteroatoms. The van der Waals surface area contributed by atoms with Gasteiger partial charge >= 0.3 is 0 Å². The highest BCUT2D eigenvalue weighted by Crippen LogP contribution is 2.26. The topological polar surface area (TPSA) is 84.2 Å². The van der Waals surface area contributed by atoms with Crippen molar-refractivity contribution in [1.29, 1.82) is 0 Å². The Kier molecular flexibility index (Phi) is 7.08. The molecule has 1 atom stereocenters. The fourth-order valence-electron chi connectivity index (χ4n) is 1.53. The van der Waals surface area contributed by atoms with Gasteiger partial charge in [0.25, 0.3) is 0 Å². The molecule has 1 aromatic carbocycles. The second-order valence-electron chi connectivity index (χ2n) is 5.20. The van der Waals surface area contributed by atoms with Crippen molar-refractivity contribution in [3.8, 4) is 0 Å². The lowest BCUT2D eigenvalue weighted by molar-refractivity contribution is -0.120. The molecule has 0 heterocycles. The van der Waals surface area contributed by atoms with Gasteiger partial charge in [0.15, 0.2) is 0 Å². The molecule has 0 aliphatic rings. The van der Waals surface area contributed by atoms with Crippen LogP contribution in [0.25, 0.3) is 0 Å². The van der Waals surface area contributed by atoms with Crippen LogP contribution in [0, 0.1) is 5.92 Å². The summed E-state index contributed by atoms with van der Waals surface area (Å²) in [5.74, 6) is 0.200. The van der Waals surface area contributed by atoms with Crippen molar-refractivity contribution in [3.05, 3.63) is 24.3 Å². The van der Waals surface area contributed by atoms with Gasteiger partial charge in [0.05, 0.1) is 12.3 Å². The molecule has 0 saturated carbocycles. The maximum absolute atomic E-state index is 11.9. The number of carbonyl (C=O) groups is 2. The maximum Gasteiger partial charge on any atom is 0.239 e. The Hall–Kier alpha value is -1.69. The first-order valence-electron chi connectivity index (χ1n) is 6.93. The Morgan fingerprint density at radius 2 is 1.90 bits per heavy atom. The summed E-state index contributed by atoms with van der Waals surface area (Å²) < 4.78 is 0. The summed E-state index contributed by atoms with van der Waals surface area (Å²) in [5, 5.41) is 6.03. The number of nitrogens with two attached hydrogens (primary N) is 1. The number of primary amides is 1. The Labute approximate surface area is 130 Å². The van der Waals surface area contributed by atoms with Crippen molar-refractivity contribution in [2.24, 2.45) is 11.7 Å². The Bertz CT molecular complexity index is 492. The van der Waals surface area contributed by atoms with Crippen molar-refractivity contribution >= 4 is 29.3 Å². The minimum atomic E-state index is -0.363. The first kappa shape index (κ1) is 17.4. The summed E-state index contributed by atoms with van der Waals surface area (Å²) in [5.41, 5.74) is 5.98. The third-order valence-corrected chi connectivity index (χ3v) is 4.18. The number of anilines is 1. The van der Waals surface area contributed by atoms with E-state index >= 15 is 0 Å².